The number of nitrogens with one attached hydrogen (secondary N) is 1. The molecule has 1 N–H and O–H groups in total. The lowest BCUT2D eigenvalue weighted by atomic mass is 10.1. The van der Waals surface area contributed by atoms with Gasteiger partial charge in [0.05, 0.1) is 14.2 Å². The van der Waals surface area contributed by atoms with Crippen molar-refractivity contribution in [2.45, 2.75) is 19.5 Å². The van der Waals surface area contributed by atoms with Crippen LogP contribution in [0.2, 0.25) is 0 Å². The highest BCUT2D eigenvalue weighted by Gasteiger charge is 2.13. The zero-order chi connectivity index (χ0) is 18.2. The van der Waals surface area contributed by atoms with Gasteiger partial charge in [0.1, 0.15) is 5.75 Å². The fraction of sp³-hybridized carbons (Fsp3) is 0.278. The molecule has 25 heavy (non-hydrogen) atoms. The van der Waals surface area contributed by atoms with Gasteiger partial charge in [0.2, 0.25) is 5.91 Å². The summed E-state index contributed by atoms with van der Waals surface area (Å²) in [6.45, 7) is -2.98. The highest BCUT2D eigenvalue weighted by Crippen LogP contribution is 2.31. The lowest BCUT2D eigenvalue weighted by Crippen LogP contribution is -2.13. The van der Waals surface area contributed by atoms with Gasteiger partial charge in [-0.15, -0.1) is 0 Å². The van der Waals surface area contributed by atoms with Gasteiger partial charge in [-0.1, -0.05) is 18.2 Å². The Morgan fingerprint density at radius 3 is 2.44 bits per heavy atom. The Balaban J connectivity index is 2.00. The molecule has 2 aromatic rings. The average Bonchev–Trinajstić information content (AvgIpc) is 2.60. The maximum absolute atomic E-state index is 12.4. The van der Waals surface area contributed by atoms with Crippen LogP contribution in [-0.2, 0) is 11.2 Å². The number of aryl methyl sites for hydroxylation is 1. The van der Waals surface area contributed by atoms with Crippen LogP contribution in [0, 0.1) is 0 Å². The summed E-state index contributed by atoms with van der Waals surface area (Å²) in [4.78, 5) is 12.1. The summed E-state index contributed by atoms with van der Waals surface area (Å²) >= 11 is 0. The normalized spacial score (nSPS) is 10.4. The first-order valence-electron chi connectivity index (χ1n) is 7.58. The number of ether oxygens (including phenoxy) is 3. The summed E-state index contributed by atoms with van der Waals surface area (Å²) in [5.74, 6) is 0.485. The molecule has 0 saturated heterocycles. The minimum absolute atomic E-state index is 0.139. The number of halogens is 2. The number of hydrogen-bond donors (Lipinski definition) is 1. The zero-order valence-corrected chi connectivity index (χ0v) is 13.9. The summed E-state index contributed by atoms with van der Waals surface area (Å²) in [6.07, 6.45) is 0.712. The van der Waals surface area contributed by atoms with Crippen molar-refractivity contribution in [1.29, 1.82) is 0 Å². The summed E-state index contributed by atoms with van der Waals surface area (Å²) in [5.41, 5.74) is 1.26. The molecule has 0 spiro atoms. The molecule has 0 aliphatic rings. The highest BCUT2D eigenvalue weighted by molar-refractivity contribution is 5.91. The van der Waals surface area contributed by atoms with E-state index in [1.54, 1.807) is 13.2 Å². The van der Waals surface area contributed by atoms with Crippen LogP contribution in [0.3, 0.4) is 0 Å². The van der Waals surface area contributed by atoms with Crippen LogP contribution < -0.4 is 19.5 Å². The van der Waals surface area contributed by atoms with Crippen molar-refractivity contribution in [2.75, 3.05) is 19.5 Å². The van der Waals surface area contributed by atoms with Crippen molar-refractivity contribution in [3.8, 4) is 17.2 Å². The molecule has 1 amide bonds. The Bertz CT molecular complexity index is 722. The minimum atomic E-state index is -2.98. The molecule has 2 aromatic carbocycles. The molecule has 0 aliphatic carbocycles. The van der Waals surface area contributed by atoms with Crippen LogP contribution in [0.4, 0.5) is 14.5 Å². The third-order valence-corrected chi connectivity index (χ3v) is 3.48. The first-order chi connectivity index (χ1) is 12.0. The Kier molecular flexibility index (Phi) is 6.56. The molecule has 0 atom stereocenters. The lowest BCUT2D eigenvalue weighted by molar-refractivity contribution is -0.116. The summed E-state index contributed by atoms with van der Waals surface area (Å²) in [7, 11) is 2.92. The quantitative estimate of drug-likeness (QED) is 0.784. The first-order valence-corrected chi connectivity index (χ1v) is 7.58. The molecule has 0 bridgehead atoms. The number of para-hydroxylation sites is 1. The maximum atomic E-state index is 12.4. The van der Waals surface area contributed by atoms with E-state index in [-0.39, 0.29) is 23.8 Å². The van der Waals surface area contributed by atoms with E-state index < -0.39 is 6.61 Å². The molecule has 0 heterocycles. The van der Waals surface area contributed by atoms with E-state index in [0.717, 1.165) is 5.56 Å². The topological polar surface area (TPSA) is 56.8 Å². The smallest absolute Gasteiger partial charge is 0.387 e. The molecule has 0 aromatic heterocycles. The van der Waals surface area contributed by atoms with Crippen LogP contribution in [-0.4, -0.2) is 26.7 Å². The molecular formula is C18H19F2NO4. The zero-order valence-electron chi connectivity index (χ0n) is 13.9. The summed E-state index contributed by atoms with van der Waals surface area (Å²) < 4.78 is 39.5. The molecule has 0 saturated carbocycles. The molecule has 134 valence electrons. The highest BCUT2D eigenvalue weighted by atomic mass is 19.3. The second-order valence-corrected chi connectivity index (χ2v) is 5.10. The Hall–Kier alpha value is -2.83. The summed E-state index contributed by atoms with van der Waals surface area (Å²) in [6, 6.07) is 11.7. The SMILES string of the molecule is COc1ccccc1CCC(=O)Nc1ccc(OC)c(OC(F)F)c1. The summed E-state index contributed by atoms with van der Waals surface area (Å²) in [5, 5.41) is 2.65. The van der Waals surface area contributed by atoms with Crippen LogP contribution in [0.15, 0.2) is 42.5 Å². The van der Waals surface area contributed by atoms with Gasteiger partial charge in [0, 0.05) is 18.2 Å². The molecule has 0 fully saturated rings. The van der Waals surface area contributed by atoms with Crippen LogP contribution in [0.25, 0.3) is 0 Å². The fourth-order valence-electron chi connectivity index (χ4n) is 2.32. The predicted octanol–water partition coefficient (Wildman–Crippen LogP) is 3.88. The number of rotatable bonds is 8. The van der Waals surface area contributed by atoms with E-state index in [4.69, 9.17) is 9.47 Å². The number of amides is 1. The van der Waals surface area contributed by atoms with Gasteiger partial charge in [-0.05, 0) is 30.2 Å². The van der Waals surface area contributed by atoms with E-state index in [1.165, 1.54) is 19.2 Å². The van der Waals surface area contributed by atoms with Crippen molar-refractivity contribution in [1.82, 2.24) is 0 Å². The lowest BCUT2D eigenvalue weighted by Gasteiger charge is -2.12. The molecule has 7 heteroatoms. The number of methoxy groups -OCH3 is 2. The number of hydrogen-bond acceptors (Lipinski definition) is 4. The van der Waals surface area contributed by atoms with E-state index in [0.29, 0.717) is 17.9 Å². The fourth-order valence-corrected chi connectivity index (χ4v) is 2.32. The van der Waals surface area contributed by atoms with E-state index >= 15 is 0 Å². The molecule has 0 radical (unpaired) electrons. The molecule has 2 rings (SSSR count). The van der Waals surface area contributed by atoms with Crippen LogP contribution in [0.1, 0.15) is 12.0 Å². The van der Waals surface area contributed by atoms with Gasteiger partial charge < -0.3 is 19.5 Å². The number of benzene rings is 2. The van der Waals surface area contributed by atoms with E-state index in [2.05, 4.69) is 10.1 Å². The molecule has 0 unspecified atom stereocenters. The van der Waals surface area contributed by atoms with E-state index in [9.17, 15) is 13.6 Å². The molecule has 5 nitrogen and oxygen atoms in total. The van der Waals surface area contributed by atoms with Gasteiger partial charge in [-0.3, -0.25) is 4.79 Å². The monoisotopic (exact) mass is 351 g/mol. The molecule has 0 aliphatic heterocycles. The third-order valence-electron chi connectivity index (χ3n) is 3.48. The van der Waals surface area contributed by atoms with Gasteiger partial charge in [-0.2, -0.15) is 8.78 Å². The average molecular weight is 351 g/mol. The van der Waals surface area contributed by atoms with Gasteiger partial charge in [0.25, 0.3) is 0 Å². The Labute approximate surface area is 144 Å². The van der Waals surface area contributed by atoms with Crippen molar-refractivity contribution in [3.05, 3.63) is 48.0 Å². The second-order valence-electron chi connectivity index (χ2n) is 5.10. The second kappa shape index (κ2) is 8.86. The first kappa shape index (κ1) is 18.5. The van der Waals surface area contributed by atoms with E-state index in [1.807, 2.05) is 24.3 Å². The van der Waals surface area contributed by atoms with Gasteiger partial charge >= 0.3 is 6.61 Å². The largest absolute Gasteiger partial charge is 0.496 e. The van der Waals surface area contributed by atoms with Crippen molar-refractivity contribution < 1.29 is 27.8 Å². The van der Waals surface area contributed by atoms with Gasteiger partial charge in [-0.25, -0.2) is 0 Å². The Morgan fingerprint density at radius 2 is 1.76 bits per heavy atom. The minimum Gasteiger partial charge on any atom is -0.496 e. The van der Waals surface area contributed by atoms with Crippen LogP contribution in [0.5, 0.6) is 17.2 Å². The van der Waals surface area contributed by atoms with Gasteiger partial charge in [0.15, 0.2) is 11.5 Å². The number of carbonyl (C=O) groups excluding carboxylic acids is 1. The standard InChI is InChI=1S/C18H19F2NO4/c1-23-14-6-4-3-5-12(14)7-10-17(22)21-13-8-9-15(24-2)16(11-13)25-18(19)20/h3-6,8-9,11,18H,7,10H2,1-2H3,(H,21,22). The number of anilines is 1. The van der Waals surface area contributed by atoms with Crippen molar-refractivity contribution in [3.63, 3.8) is 0 Å². The number of carbonyl (C=O) groups is 1. The Morgan fingerprint density at radius 1 is 1.04 bits per heavy atom. The predicted molar refractivity (Wildman–Crippen MR) is 89.6 cm³/mol. The number of alkyl halides is 2. The molecular weight excluding hydrogens is 332 g/mol. The van der Waals surface area contributed by atoms with Crippen LogP contribution >= 0.6 is 0 Å². The van der Waals surface area contributed by atoms with Crippen molar-refractivity contribution in [2.24, 2.45) is 0 Å². The maximum Gasteiger partial charge on any atom is 0.387 e. The third kappa shape index (κ3) is 5.34. The van der Waals surface area contributed by atoms with Crippen molar-refractivity contribution >= 4 is 11.6 Å².